The quantitative estimate of drug-likeness (QED) is 0.758. The maximum absolute atomic E-state index is 11.8. The molecular weight excluding hydrogens is 314 g/mol. The lowest BCUT2D eigenvalue weighted by Crippen LogP contribution is -2.44. The Balaban J connectivity index is 1.73. The number of benzene rings is 1. The molecule has 1 aromatic carbocycles. The second-order valence-corrected chi connectivity index (χ2v) is 7.89. The highest BCUT2D eigenvalue weighted by Gasteiger charge is 2.20. The zero-order valence-corrected chi connectivity index (χ0v) is 14.5. The Morgan fingerprint density at radius 3 is 2.70 bits per heavy atom. The molecule has 23 heavy (non-hydrogen) atoms. The van der Waals surface area contributed by atoms with E-state index >= 15 is 0 Å². The Hall–Kier alpha value is -1.44. The van der Waals surface area contributed by atoms with Gasteiger partial charge >= 0.3 is 0 Å². The summed E-state index contributed by atoms with van der Waals surface area (Å²) in [6.45, 7) is 4.70. The molecule has 0 bridgehead atoms. The van der Waals surface area contributed by atoms with Gasteiger partial charge in [-0.2, -0.15) is 0 Å². The summed E-state index contributed by atoms with van der Waals surface area (Å²) in [5.41, 5.74) is 2.76. The molecule has 0 aliphatic carbocycles. The molecule has 0 radical (unpaired) electrons. The van der Waals surface area contributed by atoms with E-state index in [-0.39, 0.29) is 24.9 Å². The van der Waals surface area contributed by atoms with Gasteiger partial charge in [0.05, 0.1) is 6.26 Å². The Morgan fingerprint density at radius 2 is 2.00 bits per heavy atom. The van der Waals surface area contributed by atoms with Crippen molar-refractivity contribution in [3.05, 3.63) is 35.4 Å². The second kappa shape index (κ2) is 7.90. The molecule has 1 atom stereocenters. The zero-order valence-electron chi connectivity index (χ0n) is 13.7. The van der Waals surface area contributed by atoms with Crippen LogP contribution >= 0.6 is 0 Å². The average Bonchev–Trinajstić information content (AvgIpc) is 2.51. The van der Waals surface area contributed by atoms with E-state index in [9.17, 15) is 13.2 Å². The van der Waals surface area contributed by atoms with Gasteiger partial charge in [0, 0.05) is 38.6 Å². The summed E-state index contributed by atoms with van der Waals surface area (Å²) in [6, 6.07) is 8.71. The number of rotatable bonds is 7. The first-order chi connectivity index (χ1) is 10.8. The molecule has 0 spiro atoms. The highest BCUT2D eigenvalue weighted by atomic mass is 32.2. The zero-order chi connectivity index (χ0) is 16.9. The molecule has 1 aromatic rings. The van der Waals surface area contributed by atoms with Crippen molar-refractivity contribution in [1.82, 2.24) is 14.9 Å². The number of carbonyl (C=O) groups is 1. The third kappa shape index (κ3) is 5.93. The van der Waals surface area contributed by atoms with E-state index < -0.39 is 10.0 Å². The van der Waals surface area contributed by atoms with Crippen LogP contribution in [0.15, 0.2) is 24.3 Å². The Labute approximate surface area is 138 Å². The van der Waals surface area contributed by atoms with Gasteiger partial charge in [0.2, 0.25) is 15.9 Å². The predicted molar refractivity (Wildman–Crippen MR) is 90.5 cm³/mol. The van der Waals surface area contributed by atoms with Gasteiger partial charge in [-0.1, -0.05) is 24.3 Å². The number of nitrogens with one attached hydrogen (secondary N) is 2. The predicted octanol–water partition coefficient (Wildman–Crippen LogP) is 0.489. The highest BCUT2D eigenvalue weighted by Crippen LogP contribution is 2.19. The molecule has 1 aliphatic rings. The molecule has 0 saturated carbocycles. The fourth-order valence-electron chi connectivity index (χ4n) is 2.72. The lowest BCUT2D eigenvalue weighted by Gasteiger charge is -2.33. The van der Waals surface area contributed by atoms with Crippen LogP contribution in [-0.2, 0) is 27.8 Å². The van der Waals surface area contributed by atoms with E-state index in [1.54, 1.807) is 0 Å². The number of hydrogen-bond donors (Lipinski definition) is 2. The van der Waals surface area contributed by atoms with E-state index in [4.69, 9.17) is 0 Å². The smallest absolute Gasteiger partial charge is 0.221 e. The molecule has 0 unspecified atom stereocenters. The summed E-state index contributed by atoms with van der Waals surface area (Å²) in [5, 5.41) is 2.87. The van der Waals surface area contributed by atoms with Crippen molar-refractivity contribution in [3.8, 4) is 0 Å². The maximum Gasteiger partial charge on any atom is 0.221 e. The van der Waals surface area contributed by atoms with Crippen molar-refractivity contribution >= 4 is 15.9 Å². The van der Waals surface area contributed by atoms with Crippen LogP contribution in [0.4, 0.5) is 0 Å². The number of nitrogens with zero attached hydrogens (tertiary/aromatic N) is 1. The minimum Gasteiger partial charge on any atom is -0.355 e. The summed E-state index contributed by atoms with van der Waals surface area (Å²) < 4.78 is 24.2. The molecular formula is C16H25N3O3S. The van der Waals surface area contributed by atoms with E-state index in [0.717, 1.165) is 25.8 Å². The number of sulfonamides is 1. The van der Waals surface area contributed by atoms with Crippen LogP contribution in [0, 0.1) is 0 Å². The third-order valence-electron chi connectivity index (χ3n) is 4.09. The number of hydrogen-bond acceptors (Lipinski definition) is 4. The minimum absolute atomic E-state index is 0.134. The van der Waals surface area contributed by atoms with Crippen molar-refractivity contribution in [3.63, 3.8) is 0 Å². The van der Waals surface area contributed by atoms with Crippen molar-refractivity contribution < 1.29 is 13.2 Å². The van der Waals surface area contributed by atoms with Gasteiger partial charge in [-0.15, -0.1) is 0 Å². The van der Waals surface area contributed by atoms with Crippen molar-refractivity contribution in [2.75, 3.05) is 25.9 Å². The molecule has 128 valence electrons. The minimum atomic E-state index is -3.23. The Kier molecular flexibility index (Phi) is 6.15. The second-order valence-electron chi connectivity index (χ2n) is 6.06. The van der Waals surface area contributed by atoms with Gasteiger partial charge in [0.25, 0.3) is 0 Å². The van der Waals surface area contributed by atoms with Gasteiger partial charge in [-0.05, 0) is 24.5 Å². The topological polar surface area (TPSA) is 78.5 Å². The van der Waals surface area contributed by atoms with Crippen LogP contribution in [0.2, 0.25) is 0 Å². The van der Waals surface area contributed by atoms with Crippen LogP contribution in [0.3, 0.4) is 0 Å². The summed E-state index contributed by atoms with van der Waals surface area (Å²) >= 11 is 0. The molecule has 0 aromatic heterocycles. The number of amides is 1. The fourth-order valence-corrected chi connectivity index (χ4v) is 3.20. The first-order valence-electron chi connectivity index (χ1n) is 7.87. The maximum atomic E-state index is 11.8. The van der Waals surface area contributed by atoms with Crippen molar-refractivity contribution in [1.29, 1.82) is 0 Å². The largest absolute Gasteiger partial charge is 0.355 e. The average molecular weight is 339 g/mol. The summed E-state index contributed by atoms with van der Waals surface area (Å²) in [7, 11) is -3.23. The molecule has 2 N–H and O–H groups in total. The van der Waals surface area contributed by atoms with Gasteiger partial charge < -0.3 is 5.32 Å². The number of fused-ring (bicyclic) bond motifs is 1. The first kappa shape index (κ1) is 17.9. The fraction of sp³-hybridized carbons (Fsp3) is 0.562. The molecule has 7 heteroatoms. The van der Waals surface area contributed by atoms with Crippen LogP contribution in [0.5, 0.6) is 0 Å². The standard InChI is InChI=1S/C16H25N3O3S/c1-13(11-17-16(20)7-9-18-23(2,21)22)19-10-8-14-5-3-4-6-15(14)12-19/h3-6,13,18H,7-12H2,1-2H3,(H,17,20)/t13-/m0/s1. The Bertz CT molecular complexity index is 646. The van der Waals surface area contributed by atoms with Gasteiger partial charge in [-0.25, -0.2) is 13.1 Å². The summed E-state index contributed by atoms with van der Waals surface area (Å²) in [6.07, 6.45) is 2.27. The van der Waals surface area contributed by atoms with Crippen LogP contribution < -0.4 is 10.0 Å². The molecule has 0 fully saturated rings. The summed E-state index contributed by atoms with van der Waals surface area (Å²) in [5.74, 6) is -0.134. The highest BCUT2D eigenvalue weighted by molar-refractivity contribution is 7.88. The van der Waals surface area contributed by atoms with Gasteiger partial charge in [0.1, 0.15) is 0 Å². The normalized spacial score (nSPS) is 16.6. The Morgan fingerprint density at radius 1 is 1.30 bits per heavy atom. The lowest BCUT2D eigenvalue weighted by atomic mass is 9.99. The SMILES string of the molecule is C[C@@H](CNC(=O)CCNS(C)(=O)=O)N1CCc2ccccc2C1. The molecule has 2 rings (SSSR count). The molecule has 0 saturated heterocycles. The molecule has 1 amide bonds. The van der Waals surface area contributed by atoms with Gasteiger partial charge in [0.15, 0.2) is 0 Å². The van der Waals surface area contributed by atoms with E-state index in [2.05, 4.69) is 46.1 Å². The summed E-state index contributed by atoms with van der Waals surface area (Å²) in [4.78, 5) is 14.1. The molecule has 1 heterocycles. The van der Waals surface area contributed by atoms with Crippen LogP contribution in [-0.4, -0.2) is 51.2 Å². The monoisotopic (exact) mass is 339 g/mol. The first-order valence-corrected chi connectivity index (χ1v) is 9.76. The lowest BCUT2D eigenvalue weighted by molar-refractivity contribution is -0.121. The van der Waals surface area contributed by atoms with Gasteiger partial charge in [-0.3, -0.25) is 9.69 Å². The number of carbonyl (C=O) groups excluding carboxylic acids is 1. The molecule has 1 aliphatic heterocycles. The molecule has 6 nitrogen and oxygen atoms in total. The van der Waals surface area contributed by atoms with Crippen LogP contribution in [0.25, 0.3) is 0 Å². The van der Waals surface area contributed by atoms with Crippen LogP contribution in [0.1, 0.15) is 24.5 Å². The van der Waals surface area contributed by atoms with E-state index in [1.165, 1.54) is 11.1 Å². The van der Waals surface area contributed by atoms with E-state index in [1.807, 2.05) is 0 Å². The van der Waals surface area contributed by atoms with Crippen molar-refractivity contribution in [2.45, 2.75) is 32.4 Å². The van der Waals surface area contributed by atoms with Crippen molar-refractivity contribution in [2.24, 2.45) is 0 Å². The van der Waals surface area contributed by atoms with E-state index in [0.29, 0.717) is 6.54 Å². The third-order valence-corrected chi connectivity index (χ3v) is 4.82.